The fourth-order valence-corrected chi connectivity index (χ4v) is 4.53. The average Bonchev–Trinajstić information content (AvgIpc) is 3.26. The highest BCUT2D eigenvalue weighted by atomic mass is 32.2. The summed E-state index contributed by atoms with van der Waals surface area (Å²) in [6.45, 7) is 2.05. The lowest BCUT2D eigenvalue weighted by atomic mass is 10.1. The zero-order valence-electron chi connectivity index (χ0n) is 14.5. The molecule has 1 saturated heterocycles. The van der Waals surface area contributed by atoms with Crippen molar-refractivity contribution in [3.63, 3.8) is 0 Å². The number of carboxylic acid groups (broad SMARTS) is 1. The number of hydrogen-bond donors (Lipinski definition) is 1. The van der Waals surface area contributed by atoms with Gasteiger partial charge in [-0.1, -0.05) is 48.2 Å². The minimum absolute atomic E-state index is 0.102. The van der Waals surface area contributed by atoms with Crippen molar-refractivity contribution in [3.8, 4) is 0 Å². The molecule has 2 heterocycles. The Morgan fingerprint density at radius 2 is 2.11 bits per heavy atom. The second-order valence-electron chi connectivity index (χ2n) is 5.94. The van der Waals surface area contributed by atoms with Crippen LogP contribution in [0.25, 0.3) is 0 Å². The van der Waals surface area contributed by atoms with Crippen molar-refractivity contribution in [1.29, 1.82) is 0 Å². The van der Waals surface area contributed by atoms with E-state index in [4.69, 9.17) is 0 Å². The van der Waals surface area contributed by atoms with E-state index < -0.39 is 17.1 Å². The molecule has 10 heteroatoms. The van der Waals surface area contributed by atoms with Gasteiger partial charge in [-0.2, -0.15) is 0 Å². The number of amides is 2. The Kier molecular flexibility index (Phi) is 6.07. The molecule has 0 aliphatic carbocycles. The lowest BCUT2D eigenvalue weighted by Gasteiger charge is -2.16. The Morgan fingerprint density at radius 1 is 1.37 bits per heavy atom. The molecular weight excluding hydrogens is 388 g/mol. The molecule has 3 rings (SSSR count). The van der Waals surface area contributed by atoms with Crippen LogP contribution < -0.4 is 15.3 Å². The number of nitrogens with one attached hydrogen (secondary N) is 1. The van der Waals surface area contributed by atoms with E-state index in [-0.39, 0.29) is 23.4 Å². The number of anilines is 2. The smallest absolute Gasteiger partial charge is 0.231 e. The summed E-state index contributed by atoms with van der Waals surface area (Å²) in [5.74, 6) is -2.05. The first-order valence-corrected chi connectivity index (χ1v) is 10.0. The summed E-state index contributed by atoms with van der Waals surface area (Å²) in [5, 5.41) is 21.0. The lowest BCUT2D eigenvalue weighted by molar-refractivity contribution is -0.304. The van der Waals surface area contributed by atoms with E-state index in [1.165, 1.54) is 0 Å². The summed E-state index contributed by atoms with van der Waals surface area (Å²) in [6, 6.07) is 9.20. The topological polar surface area (TPSA) is 115 Å². The molecule has 0 radical (unpaired) electrons. The summed E-state index contributed by atoms with van der Waals surface area (Å²) in [7, 11) is 0. The second kappa shape index (κ2) is 8.49. The van der Waals surface area contributed by atoms with E-state index in [1.54, 1.807) is 11.8 Å². The third-order valence-corrected chi connectivity index (χ3v) is 6.34. The highest BCUT2D eigenvalue weighted by Gasteiger charge is 2.35. The van der Waals surface area contributed by atoms with E-state index in [1.807, 2.05) is 30.3 Å². The Labute approximate surface area is 164 Å². The molecule has 1 aliphatic rings. The summed E-state index contributed by atoms with van der Waals surface area (Å²) >= 11 is 2.14. The van der Waals surface area contributed by atoms with Crippen LogP contribution in [0.15, 0.2) is 34.7 Å². The maximum Gasteiger partial charge on any atom is 0.231 e. The summed E-state index contributed by atoms with van der Waals surface area (Å²) in [5.41, 5.74) is 0.764. The number of carboxylic acids is 1. The molecule has 1 aliphatic heterocycles. The zero-order chi connectivity index (χ0) is 19.4. The minimum Gasteiger partial charge on any atom is -0.549 e. The van der Waals surface area contributed by atoms with Gasteiger partial charge in [0, 0.05) is 18.7 Å². The molecule has 0 bridgehead atoms. The number of aliphatic carboxylic acids is 1. The van der Waals surface area contributed by atoms with Gasteiger partial charge in [0.15, 0.2) is 4.34 Å². The van der Waals surface area contributed by atoms with Crippen molar-refractivity contribution in [2.24, 2.45) is 5.92 Å². The predicted molar refractivity (Wildman–Crippen MR) is 100 cm³/mol. The molecule has 1 aromatic heterocycles. The fraction of sp³-hybridized carbons (Fsp3) is 0.353. The zero-order valence-corrected chi connectivity index (χ0v) is 16.1. The van der Waals surface area contributed by atoms with Crippen LogP contribution in [0.4, 0.5) is 10.8 Å². The Balaban J connectivity index is 1.60. The van der Waals surface area contributed by atoms with Gasteiger partial charge >= 0.3 is 0 Å². The van der Waals surface area contributed by atoms with Gasteiger partial charge in [-0.15, -0.1) is 10.2 Å². The van der Waals surface area contributed by atoms with Crippen molar-refractivity contribution in [2.75, 3.05) is 16.8 Å². The normalized spacial score (nSPS) is 17.7. The molecule has 1 aromatic carbocycles. The first-order valence-electron chi connectivity index (χ1n) is 8.35. The number of aromatic nitrogens is 2. The van der Waals surface area contributed by atoms with Crippen LogP contribution >= 0.6 is 23.1 Å². The van der Waals surface area contributed by atoms with Gasteiger partial charge in [0.2, 0.25) is 16.9 Å². The molecule has 1 N–H and O–H groups in total. The quantitative estimate of drug-likeness (QED) is 0.543. The largest absolute Gasteiger partial charge is 0.549 e. The van der Waals surface area contributed by atoms with Gasteiger partial charge in [-0.25, -0.2) is 0 Å². The number of benzene rings is 1. The van der Waals surface area contributed by atoms with Crippen LogP contribution in [0.1, 0.15) is 19.8 Å². The van der Waals surface area contributed by atoms with Crippen molar-refractivity contribution < 1.29 is 19.5 Å². The molecule has 1 fully saturated rings. The van der Waals surface area contributed by atoms with Gasteiger partial charge in [0.1, 0.15) is 0 Å². The van der Waals surface area contributed by atoms with Crippen LogP contribution in [0.2, 0.25) is 0 Å². The molecular formula is C17H17N4O4S2-. The third kappa shape index (κ3) is 4.64. The van der Waals surface area contributed by atoms with Crippen LogP contribution in [0.3, 0.4) is 0 Å². The molecule has 8 nitrogen and oxygen atoms in total. The Hall–Kier alpha value is -2.46. The molecule has 27 heavy (non-hydrogen) atoms. The number of para-hydroxylation sites is 1. The van der Waals surface area contributed by atoms with Crippen molar-refractivity contribution in [2.45, 2.75) is 29.4 Å². The number of rotatable bonds is 7. The number of carbonyl (C=O) groups excluding carboxylic acids is 3. The van der Waals surface area contributed by atoms with E-state index in [9.17, 15) is 19.5 Å². The molecule has 0 spiro atoms. The summed E-state index contributed by atoms with van der Waals surface area (Å²) in [6.07, 6.45) is 0.525. The average molecular weight is 405 g/mol. The molecule has 2 aromatic rings. The maximum atomic E-state index is 12.5. The first kappa shape index (κ1) is 19.3. The molecule has 2 atom stereocenters. The summed E-state index contributed by atoms with van der Waals surface area (Å²) in [4.78, 5) is 37.3. The highest BCUT2D eigenvalue weighted by molar-refractivity contribution is 8.02. The van der Waals surface area contributed by atoms with Crippen LogP contribution in [-0.4, -0.2) is 39.8 Å². The van der Waals surface area contributed by atoms with Gasteiger partial charge in [0.05, 0.1) is 17.1 Å². The fourth-order valence-electron chi connectivity index (χ4n) is 2.68. The van der Waals surface area contributed by atoms with Gasteiger partial charge in [0.25, 0.3) is 0 Å². The Bertz CT molecular complexity index is 842. The maximum absolute atomic E-state index is 12.5. The molecule has 142 valence electrons. The number of hydrogen-bond acceptors (Lipinski definition) is 8. The van der Waals surface area contributed by atoms with E-state index in [0.717, 1.165) is 28.8 Å². The van der Waals surface area contributed by atoms with E-state index >= 15 is 0 Å². The van der Waals surface area contributed by atoms with Crippen LogP contribution in [0.5, 0.6) is 0 Å². The Morgan fingerprint density at radius 3 is 2.78 bits per heavy atom. The third-order valence-electron chi connectivity index (χ3n) is 4.08. The first-order chi connectivity index (χ1) is 13.0. The van der Waals surface area contributed by atoms with Crippen molar-refractivity contribution >= 4 is 51.7 Å². The van der Waals surface area contributed by atoms with E-state index in [0.29, 0.717) is 17.3 Å². The van der Waals surface area contributed by atoms with E-state index in [2.05, 4.69) is 15.5 Å². The van der Waals surface area contributed by atoms with Crippen LogP contribution in [0, 0.1) is 5.92 Å². The molecule has 0 unspecified atom stereocenters. The second-order valence-corrected chi connectivity index (χ2v) is 8.36. The number of carbonyl (C=O) groups is 3. The van der Waals surface area contributed by atoms with Crippen molar-refractivity contribution in [3.05, 3.63) is 30.3 Å². The monoisotopic (exact) mass is 405 g/mol. The van der Waals surface area contributed by atoms with Gasteiger partial charge < -0.3 is 20.1 Å². The predicted octanol–water partition coefficient (Wildman–Crippen LogP) is 1.15. The van der Waals surface area contributed by atoms with Crippen LogP contribution in [-0.2, 0) is 14.4 Å². The molecule has 2 amide bonds. The standard InChI is InChI=1S/C17H18N4O4S2/c1-2-12(15(24)25)26-17-20-19-16(27-17)18-14(23)10-8-13(22)21(9-10)11-6-4-3-5-7-11/h3-7,10,12H,2,8-9H2,1H3,(H,24,25)(H,18,19,23)/p-1/t10-,12-/m1/s1. The summed E-state index contributed by atoms with van der Waals surface area (Å²) < 4.78 is 0.440. The molecule has 0 saturated carbocycles. The van der Waals surface area contributed by atoms with Gasteiger partial charge in [-0.3, -0.25) is 9.59 Å². The number of nitrogens with zero attached hydrogens (tertiary/aromatic N) is 3. The lowest BCUT2D eigenvalue weighted by Crippen LogP contribution is -2.32. The SMILES string of the molecule is CC[C@@H](Sc1nnc(NC(=O)[C@@H]2CC(=O)N(c3ccccc3)C2)s1)C(=O)[O-]. The van der Waals surface area contributed by atoms with Gasteiger partial charge in [-0.05, 0) is 18.6 Å². The van der Waals surface area contributed by atoms with Crippen molar-refractivity contribution in [1.82, 2.24) is 10.2 Å². The number of thioether (sulfide) groups is 1. The highest BCUT2D eigenvalue weighted by Crippen LogP contribution is 2.31. The minimum atomic E-state index is -1.16.